The zero-order valence-corrected chi connectivity index (χ0v) is 14.5. The highest BCUT2D eigenvalue weighted by atomic mass is 79.9. The average molecular weight is 409 g/mol. The van der Waals surface area contributed by atoms with Crippen LogP contribution < -0.4 is 14.8 Å². The minimum Gasteiger partial charge on any atom is -0.486 e. The van der Waals surface area contributed by atoms with E-state index in [2.05, 4.69) is 26.2 Å². The van der Waals surface area contributed by atoms with Crippen LogP contribution in [0.25, 0.3) is 10.2 Å². The number of nitrogens with zero attached hydrogens (tertiary/aromatic N) is 1. The number of hydrogen-bond acceptors (Lipinski definition) is 5. The molecular weight excluding hydrogens is 399 g/mol. The van der Waals surface area contributed by atoms with Crippen LogP contribution in [0.2, 0.25) is 0 Å². The van der Waals surface area contributed by atoms with Crippen LogP contribution in [0.3, 0.4) is 0 Å². The number of carbonyl (C=O) groups excluding carboxylic acids is 1. The van der Waals surface area contributed by atoms with Crippen LogP contribution in [0.15, 0.2) is 34.8 Å². The van der Waals surface area contributed by atoms with Crippen LogP contribution in [0, 0.1) is 5.82 Å². The second-order valence-corrected chi connectivity index (χ2v) is 6.95. The largest absolute Gasteiger partial charge is 0.486 e. The van der Waals surface area contributed by atoms with E-state index < -0.39 is 11.7 Å². The lowest BCUT2D eigenvalue weighted by atomic mass is 10.2. The lowest BCUT2D eigenvalue weighted by molar-refractivity contribution is 0.102. The molecule has 1 aliphatic heterocycles. The third-order valence-electron chi connectivity index (χ3n) is 3.45. The molecule has 1 aliphatic rings. The third kappa shape index (κ3) is 2.83. The second-order valence-electron chi connectivity index (χ2n) is 5.06. The molecule has 5 nitrogen and oxygen atoms in total. The number of nitrogens with one attached hydrogen (secondary N) is 1. The first-order valence-corrected chi connectivity index (χ1v) is 8.68. The van der Waals surface area contributed by atoms with Gasteiger partial charge in [-0.15, -0.1) is 0 Å². The van der Waals surface area contributed by atoms with Crippen molar-refractivity contribution >= 4 is 48.5 Å². The van der Waals surface area contributed by atoms with E-state index in [1.807, 2.05) is 6.07 Å². The summed E-state index contributed by atoms with van der Waals surface area (Å²) in [7, 11) is 0. The van der Waals surface area contributed by atoms with Crippen molar-refractivity contribution in [2.75, 3.05) is 18.5 Å². The van der Waals surface area contributed by atoms with Crippen molar-refractivity contribution < 1.29 is 18.7 Å². The monoisotopic (exact) mass is 408 g/mol. The van der Waals surface area contributed by atoms with Crippen LogP contribution in [0.5, 0.6) is 11.5 Å². The number of rotatable bonds is 2. The maximum Gasteiger partial charge on any atom is 0.258 e. The molecule has 2 heterocycles. The predicted molar refractivity (Wildman–Crippen MR) is 92.7 cm³/mol. The summed E-state index contributed by atoms with van der Waals surface area (Å²) in [5, 5.41) is 3.12. The maximum atomic E-state index is 13.3. The van der Waals surface area contributed by atoms with Crippen molar-refractivity contribution in [3.8, 4) is 11.5 Å². The van der Waals surface area contributed by atoms with Crippen molar-refractivity contribution in [2.45, 2.75) is 0 Å². The number of amides is 1. The van der Waals surface area contributed by atoms with Gasteiger partial charge in [0.15, 0.2) is 16.6 Å². The Balaban J connectivity index is 1.64. The predicted octanol–water partition coefficient (Wildman–Crippen LogP) is 4.22. The van der Waals surface area contributed by atoms with Crippen LogP contribution in [0.1, 0.15) is 10.4 Å². The summed E-state index contributed by atoms with van der Waals surface area (Å²) in [6.07, 6.45) is 0. The molecule has 0 radical (unpaired) electrons. The number of aromatic nitrogens is 1. The Kier molecular flexibility index (Phi) is 3.85. The Morgan fingerprint density at radius 1 is 1.21 bits per heavy atom. The molecule has 1 amide bonds. The summed E-state index contributed by atoms with van der Waals surface area (Å²) in [5.41, 5.74) is 0.915. The molecule has 2 aromatic carbocycles. The molecule has 24 heavy (non-hydrogen) atoms. The van der Waals surface area contributed by atoms with Crippen LogP contribution in [-0.4, -0.2) is 24.1 Å². The minimum absolute atomic E-state index is 0.209. The van der Waals surface area contributed by atoms with E-state index in [0.717, 1.165) is 4.70 Å². The first-order chi connectivity index (χ1) is 11.6. The fourth-order valence-corrected chi connectivity index (χ4v) is 3.65. The fourth-order valence-electron chi connectivity index (χ4n) is 2.35. The molecule has 1 aromatic heterocycles. The molecule has 0 saturated heterocycles. The lowest BCUT2D eigenvalue weighted by Crippen LogP contribution is -2.15. The zero-order valence-electron chi connectivity index (χ0n) is 12.1. The standard InChI is InChI=1S/C16H10BrFN2O3S/c17-10-2-1-8(18)5-9(10)15(21)20-16-19-11-6-12-13(7-14(11)24-16)23-4-3-22-12/h1-2,5-7H,3-4H2,(H,19,20,21). The highest BCUT2D eigenvalue weighted by molar-refractivity contribution is 9.10. The van der Waals surface area contributed by atoms with Gasteiger partial charge in [0.1, 0.15) is 19.0 Å². The fraction of sp³-hybridized carbons (Fsp3) is 0.125. The van der Waals surface area contributed by atoms with E-state index in [-0.39, 0.29) is 5.56 Å². The van der Waals surface area contributed by atoms with Crippen molar-refractivity contribution in [1.82, 2.24) is 4.98 Å². The molecule has 122 valence electrons. The number of ether oxygens (including phenoxy) is 2. The van der Waals surface area contributed by atoms with Crippen molar-refractivity contribution in [2.24, 2.45) is 0 Å². The number of halogens is 2. The summed E-state index contributed by atoms with van der Waals surface area (Å²) in [6, 6.07) is 7.57. The van der Waals surface area contributed by atoms with Gasteiger partial charge >= 0.3 is 0 Å². The molecular formula is C16H10BrFN2O3S. The molecule has 0 atom stereocenters. The number of hydrogen-bond donors (Lipinski definition) is 1. The normalized spacial score (nSPS) is 13.1. The maximum absolute atomic E-state index is 13.3. The summed E-state index contributed by atoms with van der Waals surface area (Å²) in [5.74, 6) is 0.403. The van der Waals surface area contributed by atoms with Crippen LogP contribution in [-0.2, 0) is 0 Å². The third-order valence-corrected chi connectivity index (χ3v) is 5.07. The molecule has 8 heteroatoms. The highest BCUT2D eigenvalue weighted by Gasteiger charge is 2.17. The molecule has 1 N–H and O–H groups in total. The lowest BCUT2D eigenvalue weighted by Gasteiger charge is -2.17. The van der Waals surface area contributed by atoms with E-state index >= 15 is 0 Å². The van der Waals surface area contributed by atoms with Gasteiger partial charge in [0, 0.05) is 16.6 Å². The van der Waals surface area contributed by atoms with Gasteiger partial charge in [0.25, 0.3) is 5.91 Å². The van der Waals surface area contributed by atoms with Gasteiger partial charge in [-0.05, 0) is 34.1 Å². The topological polar surface area (TPSA) is 60.5 Å². The van der Waals surface area contributed by atoms with Gasteiger partial charge in [-0.25, -0.2) is 9.37 Å². The summed E-state index contributed by atoms with van der Waals surface area (Å²) in [4.78, 5) is 16.7. The second kappa shape index (κ2) is 6.03. The molecule has 0 bridgehead atoms. The molecule has 0 spiro atoms. The Morgan fingerprint density at radius 2 is 1.96 bits per heavy atom. The van der Waals surface area contributed by atoms with Crippen molar-refractivity contribution in [3.05, 3.63) is 46.2 Å². The smallest absolute Gasteiger partial charge is 0.258 e. The Hall–Kier alpha value is -2.19. The molecule has 0 fully saturated rings. The molecule has 0 unspecified atom stereocenters. The number of fused-ring (bicyclic) bond motifs is 2. The average Bonchev–Trinajstić information content (AvgIpc) is 2.95. The van der Waals surface area contributed by atoms with Crippen molar-refractivity contribution in [1.29, 1.82) is 0 Å². The Labute approximate surface area is 148 Å². The number of anilines is 1. The summed E-state index contributed by atoms with van der Waals surface area (Å²) >= 11 is 4.56. The zero-order chi connectivity index (χ0) is 16.7. The van der Waals surface area contributed by atoms with E-state index in [0.29, 0.717) is 39.8 Å². The van der Waals surface area contributed by atoms with Gasteiger partial charge in [-0.1, -0.05) is 11.3 Å². The van der Waals surface area contributed by atoms with E-state index in [4.69, 9.17) is 9.47 Å². The SMILES string of the molecule is O=C(Nc1nc2cc3c(cc2s1)OCCO3)c1cc(F)ccc1Br. The molecule has 0 aliphatic carbocycles. The van der Waals surface area contributed by atoms with Gasteiger partial charge in [0.2, 0.25) is 0 Å². The number of thiazole rings is 1. The van der Waals surface area contributed by atoms with E-state index in [9.17, 15) is 9.18 Å². The van der Waals surface area contributed by atoms with Crippen LogP contribution in [0.4, 0.5) is 9.52 Å². The Morgan fingerprint density at radius 3 is 2.75 bits per heavy atom. The highest BCUT2D eigenvalue weighted by Crippen LogP contribution is 2.38. The molecule has 3 aromatic rings. The number of benzene rings is 2. The molecule has 0 saturated carbocycles. The first kappa shape index (κ1) is 15.3. The quantitative estimate of drug-likeness (QED) is 0.689. The summed E-state index contributed by atoms with van der Waals surface area (Å²) in [6.45, 7) is 1.01. The van der Waals surface area contributed by atoms with E-state index in [1.54, 1.807) is 6.07 Å². The number of carbonyl (C=O) groups is 1. The van der Waals surface area contributed by atoms with Crippen molar-refractivity contribution in [3.63, 3.8) is 0 Å². The van der Waals surface area contributed by atoms with Crippen LogP contribution >= 0.6 is 27.3 Å². The van der Waals surface area contributed by atoms with E-state index in [1.165, 1.54) is 29.5 Å². The minimum atomic E-state index is -0.477. The summed E-state index contributed by atoms with van der Waals surface area (Å²) < 4.78 is 25.8. The Bertz CT molecular complexity index is 917. The first-order valence-electron chi connectivity index (χ1n) is 7.07. The van der Waals surface area contributed by atoms with Gasteiger partial charge in [-0.3, -0.25) is 10.1 Å². The molecule has 4 rings (SSSR count). The van der Waals surface area contributed by atoms with Gasteiger partial charge in [-0.2, -0.15) is 0 Å². The van der Waals surface area contributed by atoms with Gasteiger partial charge < -0.3 is 9.47 Å². The van der Waals surface area contributed by atoms with Gasteiger partial charge in [0.05, 0.1) is 15.8 Å².